The van der Waals surface area contributed by atoms with Crippen LogP contribution in [0.2, 0.25) is 0 Å². The minimum Gasteiger partial charge on any atom is -0.342 e. The zero-order valence-corrected chi connectivity index (χ0v) is 7.50. The van der Waals surface area contributed by atoms with Gasteiger partial charge in [-0.2, -0.15) is 0 Å². The van der Waals surface area contributed by atoms with E-state index in [2.05, 4.69) is 21.0 Å². The Morgan fingerprint density at radius 1 is 1.43 bits per heavy atom. The molecule has 0 atom stereocenters. The number of hydrogen-bond donors (Lipinski definition) is 2. The number of fused-ring (bicyclic) bond motifs is 3. The normalized spacial score (nSPS) is 14.6. The average Bonchev–Trinajstić information content (AvgIpc) is 2.57. The minimum atomic E-state index is -0.0703. The van der Waals surface area contributed by atoms with Crippen LogP contribution in [-0.2, 0) is 6.42 Å². The predicted molar refractivity (Wildman–Crippen MR) is 54.1 cm³/mol. The molecule has 0 bridgehead atoms. The highest BCUT2D eigenvalue weighted by Crippen LogP contribution is 2.23. The summed E-state index contributed by atoms with van der Waals surface area (Å²) < 4.78 is 0. The number of nitrogens with zero attached hydrogens (tertiary/aromatic N) is 1. The van der Waals surface area contributed by atoms with Gasteiger partial charge in [0.15, 0.2) is 0 Å². The second-order valence-electron chi connectivity index (χ2n) is 3.41. The van der Waals surface area contributed by atoms with Crippen LogP contribution in [0.4, 0.5) is 0 Å². The number of allylic oxidation sites excluding steroid dienone is 1. The summed E-state index contributed by atoms with van der Waals surface area (Å²) >= 11 is 0. The zero-order valence-electron chi connectivity index (χ0n) is 7.50. The largest absolute Gasteiger partial charge is 0.342 e. The van der Waals surface area contributed by atoms with Gasteiger partial charge in [-0.05, 0) is 12.8 Å². The molecule has 0 saturated heterocycles. The van der Waals surface area contributed by atoms with E-state index in [0.717, 1.165) is 24.1 Å². The van der Waals surface area contributed by atoms with E-state index in [1.54, 1.807) is 0 Å². The maximum Gasteiger partial charge on any atom is 0.260 e. The maximum atomic E-state index is 11.6. The quantitative estimate of drug-likeness (QED) is 0.651. The molecule has 3 rings (SSSR count). The van der Waals surface area contributed by atoms with Gasteiger partial charge in [0.05, 0.1) is 11.7 Å². The first-order valence-electron chi connectivity index (χ1n) is 4.61. The molecule has 0 unspecified atom stereocenters. The molecule has 2 aromatic rings. The van der Waals surface area contributed by atoms with Gasteiger partial charge < -0.3 is 9.97 Å². The van der Waals surface area contributed by atoms with E-state index in [1.807, 2.05) is 6.08 Å². The monoisotopic (exact) mass is 187 g/mol. The lowest BCUT2D eigenvalue weighted by Gasteiger charge is -2.02. The number of H-pyrrole nitrogens is 2. The van der Waals surface area contributed by atoms with Gasteiger partial charge in [0, 0.05) is 11.3 Å². The lowest BCUT2D eigenvalue weighted by Crippen LogP contribution is -2.06. The van der Waals surface area contributed by atoms with E-state index in [1.165, 1.54) is 6.33 Å². The summed E-state index contributed by atoms with van der Waals surface area (Å²) in [7, 11) is 0. The number of aryl methyl sites for hydroxylation is 1. The third kappa shape index (κ3) is 0.878. The first-order chi connectivity index (χ1) is 6.86. The van der Waals surface area contributed by atoms with Crippen molar-refractivity contribution in [3.63, 3.8) is 0 Å². The molecule has 0 spiro atoms. The molecule has 4 heteroatoms. The van der Waals surface area contributed by atoms with Crippen molar-refractivity contribution in [2.45, 2.75) is 12.8 Å². The first kappa shape index (κ1) is 7.55. The Morgan fingerprint density at radius 3 is 3.29 bits per heavy atom. The number of aromatic nitrogens is 3. The molecule has 0 aromatic carbocycles. The minimum absolute atomic E-state index is 0.0703. The molecular weight excluding hydrogens is 178 g/mol. The predicted octanol–water partition coefficient (Wildman–Crippen LogP) is 1.21. The summed E-state index contributed by atoms with van der Waals surface area (Å²) in [4.78, 5) is 21.4. The molecular formula is C10H9N3O. The van der Waals surface area contributed by atoms with Gasteiger partial charge in [0.25, 0.3) is 5.56 Å². The number of nitrogens with one attached hydrogen (secondary N) is 2. The van der Waals surface area contributed by atoms with Gasteiger partial charge in [0.1, 0.15) is 5.65 Å². The SMILES string of the molecule is O=c1[nH]cnc2[nH]c3c(c12)C=CCC3. The number of rotatable bonds is 0. The topological polar surface area (TPSA) is 61.5 Å². The molecule has 14 heavy (non-hydrogen) atoms. The van der Waals surface area contributed by atoms with Crippen LogP contribution in [0.15, 0.2) is 17.2 Å². The molecule has 0 fully saturated rings. The molecule has 4 nitrogen and oxygen atoms in total. The lowest BCUT2D eigenvalue weighted by molar-refractivity contribution is 0.948. The Kier molecular flexibility index (Phi) is 1.39. The van der Waals surface area contributed by atoms with E-state index in [0.29, 0.717) is 11.0 Å². The average molecular weight is 187 g/mol. The fourth-order valence-electron chi connectivity index (χ4n) is 1.92. The van der Waals surface area contributed by atoms with Crippen LogP contribution < -0.4 is 5.56 Å². The van der Waals surface area contributed by atoms with E-state index >= 15 is 0 Å². The van der Waals surface area contributed by atoms with E-state index in [4.69, 9.17) is 0 Å². The van der Waals surface area contributed by atoms with Crippen molar-refractivity contribution in [2.24, 2.45) is 0 Å². The molecule has 0 radical (unpaired) electrons. The van der Waals surface area contributed by atoms with Crippen LogP contribution in [0, 0.1) is 0 Å². The number of aromatic amines is 2. The third-order valence-corrected chi connectivity index (χ3v) is 2.56. The van der Waals surface area contributed by atoms with Crippen LogP contribution >= 0.6 is 0 Å². The fourth-order valence-corrected chi connectivity index (χ4v) is 1.92. The molecule has 0 amide bonds. The second-order valence-corrected chi connectivity index (χ2v) is 3.41. The highest BCUT2D eigenvalue weighted by atomic mass is 16.1. The highest BCUT2D eigenvalue weighted by Gasteiger charge is 2.14. The van der Waals surface area contributed by atoms with Gasteiger partial charge in [-0.1, -0.05) is 12.2 Å². The van der Waals surface area contributed by atoms with Gasteiger partial charge >= 0.3 is 0 Å². The third-order valence-electron chi connectivity index (χ3n) is 2.56. The molecule has 70 valence electrons. The number of hydrogen-bond acceptors (Lipinski definition) is 2. The van der Waals surface area contributed by atoms with Crippen LogP contribution in [-0.4, -0.2) is 15.0 Å². The summed E-state index contributed by atoms with van der Waals surface area (Å²) in [5.41, 5.74) is 2.73. The molecule has 0 saturated carbocycles. The molecule has 2 aromatic heterocycles. The summed E-state index contributed by atoms with van der Waals surface area (Å²) in [5, 5.41) is 0.679. The van der Waals surface area contributed by atoms with E-state index in [-0.39, 0.29) is 5.56 Å². The standard InChI is InChI=1S/C10H9N3O/c14-10-8-6-3-1-2-4-7(6)13-9(8)11-5-12-10/h1,3,5H,2,4H2,(H2,11,12,13,14). The van der Waals surface area contributed by atoms with Crippen molar-refractivity contribution in [3.8, 4) is 0 Å². The van der Waals surface area contributed by atoms with Crippen molar-refractivity contribution in [3.05, 3.63) is 34.0 Å². The van der Waals surface area contributed by atoms with Crippen LogP contribution in [0.5, 0.6) is 0 Å². The Balaban J connectivity index is 2.52. The molecule has 1 aliphatic carbocycles. The van der Waals surface area contributed by atoms with Crippen molar-refractivity contribution in [1.82, 2.24) is 15.0 Å². The van der Waals surface area contributed by atoms with Crippen molar-refractivity contribution in [1.29, 1.82) is 0 Å². The van der Waals surface area contributed by atoms with Crippen molar-refractivity contribution >= 4 is 17.1 Å². The Hall–Kier alpha value is -1.84. The molecule has 0 aliphatic heterocycles. The van der Waals surface area contributed by atoms with Crippen LogP contribution in [0.1, 0.15) is 17.7 Å². The summed E-state index contributed by atoms with van der Waals surface area (Å²) in [6, 6.07) is 0. The van der Waals surface area contributed by atoms with Gasteiger partial charge in [0.2, 0.25) is 0 Å². The smallest absolute Gasteiger partial charge is 0.260 e. The zero-order chi connectivity index (χ0) is 9.54. The first-order valence-corrected chi connectivity index (χ1v) is 4.61. The second kappa shape index (κ2) is 2.57. The summed E-state index contributed by atoms with van der Waals surface area (Å²) in [6.45, 7) is 0. The molecule has 1 aliphatic rings. The fraction of sp³-hybridized carbons (Fsp3) is 0.200. The lowest BCUT2D eigenvalue weighted by atomic mass is 10.0. The van der Waals surface area contributed by atoms with Crippen LogP contribution in [0.3, 0.4) is 0 Å². The molecule has 2 N–H and O–H groups in total. The molecule has 2 heterocycles. The van der Waals surface area contributed by atoms with Gasteiger partial charge in [-0.15, -0.1) is 0 Å². The summed E-state index contributed by atoms with van der Waals surface area (Å²) in [6.07, 6.45) is 7.49. The van der Waals surface area contributed by atoms with Crippen LogP contribution in [0.25, 0.3) is 17.1 Å². The Labute approximate surface area is 79.7 Å². The summed E-state index contributed by atoms with van der Waals surface area (Å²) in [5.74, 6) is 0. The van der Waals surface area contributed by atoms with Crippen molar-refractivity contribution in [2.75, 3.05) is 0 Å². The Bertz CT molecular complexity index is 577. The highest BCUT2D eigenvalue weighted by molar-refractivity contribution is 5.87. The van der Waals surface area contributed by atoms with E-state index < -0.39 is 0 Å². The Morgan fingerprint density at radius 2 is 2.36 bits per heavy atom. The van der Waals surface area contributed by atoms with Gasteiger partial charge in [-0.3, -0.25) is 4.79 Å². The maximum absolute atomic E-state index is 11.6. The van der Waals surface area contributed by atoms with E-state index in [9.17, 15) is 4.79 Å². The van der Waals surface area contributed by atoms with Gasteiger partial charge in [-0.25, -0.2) is 4.98 Å². The van der Waals surface area contributed by atoms with Crippen molar-refractivity contribution < 1.29 is 0 Å².